The van der Waals surface area contributed by atoms with Crippen LogP contribution in [0.15, 0.2) is 6.20 Å². The topological polar surface area (TPSA) is 12.9 Å². The van der Waals surface area contributed by atoms with Crippen LogP contribution in [-0.4, -0.2) is 4.98 Å². The number of hydrogen-bond donors (Lipinski definition) is 0. The molecule has 2 heteroatoms. The van der Waals surface area contributed by atoms with Gasteiger partial charge in [0.1, 0.15) is 0 Å². The number of pyridine rings is 1. The molecule has 0 bridgehead atoms. The van der Waals surface area contributed by atoms with Crippen LogP contribution in [0.2, 0.25) is 0 Å². The van der Waals surface area contributed by atoms with Crippen molar-refractivity contribution < 1.29 is 4.39 Å². The molecule has 0 spiro atoms. The monoisotopic (exact) mass is 169 g/mol. The van der Waals surface area contributed by atoms with Gasteiger partial charge in [-0.3, -0.25) is 0 Å². The average molecular weight is 169 g/mol. The number of aromatic nitrogens is 1. The van der Waals surface area contributed by atoms with Crippen molar-refractivity contribution in [2.45, 2.75) is 34.6 Å². The minimum atomic E-state index is -0.358. The molecule has 0 atom stereocenters. The van der Waals surface area contributed by atoms with Crippen LogP contribution in [0.3, 0.4) is 0 Å². The molecular formula is C10H16FN. The van der Waals surface area contributed by atoms with E-state index in [2.05, 4.69) is 4.98 Å². The van der Waals surface area contributed by atoms with Gasteiger partial charge in [0.15, 0.2) is 0 Å². The molecule has 0 aliphatic carbocycles. The molecule has 0 aliphatic rings. The van der Waals surface area contributed by atoms with Crippen LogP contribution in [0.4, 0.5) is 4.39 Å². The summed E-state index contributed by atoms with van der Waals surface area (Å²) in [5, 5.41) is 0. The molecule has 1 aromatic heterocycles. The molecule has 1 nitrogen and oxygen atoms in total. The Hall–Kier alpha value is -0.920. The van der Waals surface area contributed by atoms with E-state index in [-0.39, 0.29) is 5.95 Å². The van der Waals surface area contributed by atoms with Crippen molar-refractivity contribution in [2.24, 2.45) is 0 Å². The van der Waals surface area contributed by atoms with Gasteiger partial charge in [0.2, 0.25) is 5.95 Å². The fraction of sp³-hybridized carbons (Fsp3) is 0.500. The summed E-state index contributed by atoms with van der Waals surface area (Å²) in [6.45, 7) is 9.56. The number of aryl methyl sites for hydroxylation is 1. The summed E-state index contributed by atoms with van der Waals surface area (Å²) >= 11 is 0. The van der Waals surface area contributed by atoms with E-state index in [0.29, 0.717) is 5.56 Å². The molecule has 68 valence electrons. The Morgan fingerprint density at radius 1 is 1.08 bits per heavy atom. The molecule has 0 radical (unpaired) electrons. The highest BCUT2D eigenvalue weighted by molar-refractivity contribution is 5.28. The van der Waals surface area contributed by atoms with E-state index in [1.165, 1.54) is 0 Å². The molecule has 0 saturated heterocycles. The number of hydrogen-bond acceptors (Lipinski definition) is 1. The van der Waals surface area contributed by atoms with E-state index < -0.39 is 0 Å². The third kappa shape index (κ3) is 2.29. The Labute approximate surface area is 73.6 Å². The van der Waals surface area contributed by atoms with E-state index in [1.54, 1.807) is 13.1 Å². The summed E-state index contributed by atoms with van der Waals surface area (Å²) in [6, 6.07) is 0. The van der Waals surface area contributed by atoms with Crippen LogP contribution in [0.5, 0.6) is 0 Å². The quantitative estimate of drug-likeness (QED) is 0.543. The standard InChI is InChI=1S/C8H10FN.C2H6/c1-5-4-10-8(9)7(3)6(5)2;1-2/h4H,1-3H3;1-2H3. The molecule has 0 aromatic carbocycles. The Balaban J connectivity index is 0.000000561. The first-order valence-electron chi connectivity index (χ1n) is 4.21. The second kappa shape index (κ2) is 4.86. The molecule has 0 N–H and O–H groups in total. The van der Waals surface area contributed by atoms with Gasteiger partial charge in [-0.15, -0.1) is 0 Å². The van der Waals surface area contributed by atoms with Crippen molar-refractivity contribution >= 4 is 0 Å². The van der Waals surface area contributed by atoms with Crippen molar-refractivity contribution in [3.05, 3.63) is 28.8 Å². The van der Waals surface area contributed by atoms with Crippen LogP contribution in [0.1, 0.15) is 30.5 Å². The molecule has 0 fully saturated rings. The number of halogens is 1. The van der Waals surface area contributed by atoms with Gasteiger partial charge >= 0.3 is 0 Å². The third-order valence-corrected chi connectivity index (χ3v) is 1.83. The summed E-state index contributed by atoms with van der Waals surface area (Å²) in [7, 11) is 0. The van der Waals surface area contributed by atoms with E-state index in [4.69, 9.17) is 0 Å². The predicted molar refractivity (Wildman–Crippen MR) is 49.8 cm³/mol. The number of nitrogens with zero attached hydrogens (tertiary/aromatic N) is 1. The maximum Gasteiger partial charge on any atom is 0.216 e. The molecule has 12 heavy (non-hydrogen) atoms. The van der Waals surface area contributed by atoms with Crippen molar-refractivity contribution in [3.63, 3.8) is 0 Å². The van der Waals surface area contributed by atoms with E-state index >= 15 is 0 Å². The first kappa shape index (κ1) is 11.1. The van der Waals surface area contributed by atoms with Gasteiger partial charge in [-0.1, -0.05) is 13.8 Å². The normalized spacial score (nSPS) is 8.83. The first-order valence-corrected chi connectivity index (χ1v) is 4.21. The third-order valence-electron chi connectivity index (χ3n) is 1.83. The average Bonchev–Trinajstić information content (AvgIpc) is 2.12. The largest absolute Gasteiger partial charge is 0.228 e. The zero-order valence-corrected chi connectivity index (χ0v) is 8.40. The highest BCUT2D eigenvalue weighted by Crippen LogP contribution is 2.12. The second-order valence-electron chi connectivity index (χ2n) is 2.48. The molecule has 1 aromatic rings. The minimum Gasteiger partial charge on any atom is -0.228 e. The van der Waals surface area contributed by atoms with Crippen molar-refractivity contribution in [2.75, 3.05) is 0 Å². The van der Waals surface area contributed by atoms with Crippen molar-refractivity contribution in [3.8, 4) is 0 Å². The summed E-state index contributed by atoms with van der Waals surface area (Å²) in [6.07, 6.45) is 1.55. The second-order valence-corrected chi connectivity index (χ2v) is 2.48. The Morgan fingerprint density at radius 2 is 1.58 bits per heavy atom. The van der Waals surface area contributed by atoms with Crippen LogP contribution < -0.4 is 0 Å². The van der Waals surface area contributed by atoms with Crippen LogP contribution >= 0.6 is 0 Å². The highest BCUT2D eigenvalue weighted by Gasteiger charge is 2.02. The molecule has 0 unspecified atom stereocenters. The first-order chi connectivity index (χ1) is 5.63. The lowest BCUT2D eigenvalue weighted by Crippen LogP contribution is -1.93. The van der Waals surface area contributed by atoms with E-state index in [9.17, 15) is 4.39 Å². The molecular weight excluding hydrogens is 153 g/mol. The Morgan fingerprint density at radius 3 is 2.00 bits per heavy atom. The number of rotatable bonds is 0. The lowest BCUT2D eigenvalue weighted by molar-refractivity contribution is 0.571. The highest BCUT2D eigenvalue weighted by atomic mass is 19.1. The molecule has 1 heterocycles. The summed E-state index contributed by atoms with van der Waals surface area (Å²) in [5.74, 6) is -0.358. The van der Waals surface area contributed by atoms with Crippen LogP contribution in [-0.2, 0) is 0 Å². The Kier molecular flexibility index (Phi) is 4.49. The van der Waals surface area contributed by atoms with Gasteiger partial charge in [0.05, 0.1) is 0 Å². The summed E-state index contributed by atoms with van der Waals surface area (Å²) < 4.78 is 12.6. The predicted octanol–water partition coefficient (Wildman–Crippen LogP) is 3.17. The fourth-order valence-electron chi connectivity index (χ4n) is 0.798. The van der Waals surface area contributed by atoms with Gasteiger partial charge in [-0.2, -0.15) is 4.39 Å². The van der Waals surface area contributed by atoms with E-state index in [1.807, 2.05) is 27.7 Å². The van der Waals surface area contributed by atoms with Crippen LogP contribution in [0, 0.1) is 26.7 Å². The maximum atomic E-state index is 12.6. The molecule has 0 amide bonds. The molecule has 1 rings (SSSR count). The zero-order valence-electron chi connectivity index (χ0n) is 8.40. The van der Waals surface area contributed by atoms with Crippen molar-refractivity contribution in [1.29, 1.82) is 0 Å². The Bertz CT molecular complexity index is 229. The van der Waals surface area contributed by atoms with Gasteiger partial charge in [-0.25, -0.2) is 4.98 Å². The summed E-state index contributed by atoms with van der Waals surface area (Å²) in [4.78, 5) is 3.57. The van der Waals surface area contributed by atoms with Gasteiger partial charge in [-0.05, 0) is 31.9 Å². The SMILES string of the molecule is CC.Cc1cnc(F)c(C)c1C. The lowest BCUT2D eigenvalue weighted by atomic mass is 10.1. The minimum absolute atomic E-state index is 0.358. The maximum absolute atomic E-state index is 12.6. The zero-order chi connectivity index (χ0) is 9.72. The van der Waals surface area contributed by atoms with Crippen LogP contribution in [0.25, 0.3) is 0 Å². The van der Waals surface area contributed by atoms with Crippen molar-refractivity contribution in [1.82, 2.24) is 4.98 Å². The fourth-order valence-corrected chi connectivity index (χ4v) is 0.798. The smallest absolute Gasteiger partial charge is 0.216 e. The van der Waals surface area contributed by atoms with Gasteiger partial charge in [0, 0.05) is 11.8 Å². The van der Waals surface area contributed by atoms with Gasteiger partial charge in [0.25, 0.3) is 0 Å². The summed E-state index contributed by atoms with van der Waals surface area (Å²) in [5.41, 5.74) is 2.69. The van der Waals surface area contributed by atoms with E-state index in [0.717, 1.165) is 11.1 Å². The lowest BCUT2D eigenvalue weighted by Gasteiger charge is -2.02. The van der Waals surface area contributed by atoms with Gasteiger partial charge < -0.3 is 0 Å². The molecule has 0 aliphatic heterocycles. The molecule has 0 saturated carbocycles.